The number of sulfonamides is 1. The monoisotopic (exact) mass is 460 g/mol. The van der Waals surface area contributed by atoms with Crippen molar-refractivity contribution in [2.75, 3.05) is 29.0 Å². The van der Waals surface area contributed by atoms with Gasteiger partial charge in [0, 0.05) is 18.5 Å². The number of ether oxygens (including phenoxy) is 1. The summed E-state index contributed by atoms with van der Waals surface area (Å²) in [6, 6.07) is 16.4. The summed E-state index contributed by atoms with van der Waals surface area (Å²) in [4.78, 5) is 12.3. The molecule has 1 amide bonds. The zero-order valence-corrected chi connectivity index (χ0v) is 18.9. The van der Waals surface area contributed by atoms with Crippen LogP contribution in [0.3, 0.4) is 0 Å². The molecule has 0 atom stereocenters. The van der Waals surface area contributed by atoms with Gasteiger partial charge >= 0.3 is 0 Å². The standard InChI is InChI=1S/C21H24N4O4S2/c1-3-29-18-13-11-17(12-14-18)25(31(2,27)28)15-7-10-19(26)22-21-24-23-20(30-21)16-8-5-4-6-9-16/h4-6,8-9,11-14H,3,7,10,15H2,1-2H3,(H,22,24,26). The van der Waals surface area contributed by atoms with Crippen LogP contribution in [-0.2, 0) is 14.8 Å². The van der Waals surface area contributed by atoms with E-state index in [2.05, 4.69) is 15.5 Å². The molecule has 0 radical (unpaired) electrons. The Balaban J connectivity index is 1.55. The van der Waals surface area contributed by atoms with Crippen LogP contribution in [0.25, 0.3) is 10.6 Å². The number of anilines is 2. The zero-order chi connectivity index (χ0) is 22.3. The third-order valence-corrected chi connectivity index (χ3v) is 6.37. The molecule has 1 aromatic heterocycles. The van der Waals surface area contributed by atoms with Gasteiger partial charge in [0.1, 0.15) is 10.8 Å². The van der Waals surface area contributed by atoms with Crippen LogP contribution in [0.15, 0.2) is 54.6 Å². The van der Waals surface area contributed by atoms with Crippen molar-refractivity contribution in [2.24, 2.45) is 0 Å². The molecule has 0 saturated heterocycles. The highest BCUT2D eigenvalue weighted by Gasteiger charge is 2.18. The Hall–Kier alpha value is -2.98. The average Bonchev–Trinajstić information content (AvgIpc) is 3.20. The third-order valence-electron chi connectivity index (χ3n) is 4.29. The van der Waals surface area contributed by atoms with E-state index in [0.717, 1.165) is 16.8 Å². The van der Waals surface area contributed by atoms with Gasteiger partial charge in [-0.2, -0.15) is 0 Å². The summed E-state index contributed by atoms with van der Waals surface area (Å²) in [7, 11) is -3.49. The van der Waals surface area contributed by atoms with Crippen LogP contribution in [0, 0.1) is 0 Å². The maximum atomic E-state index is 12.3. The lowest BCUT2D eigenvalue weighted by molar-refractivity contribution is -0.116. The molecule has 0 aliphatic rings. The first kappa shape index (κ1) is 22.7. The number of nitrogens with one attached hydrogen (secondary N) is 1. The summed E-state index contributed by atoms with van der Waals surface area (Å²) in [5.74, 6) is 0.432. The number of rotatable bonds is 10. The van der Waals surface area contributed by atoms with E-state index in [9.17, 15) is 13.2 Å². The Bertz CT molecular complexity index is 1100. The van der Waals surface area contributed by atoms with Gasteiger partial charge in [-0.15, -0.1) is 10.2 Å². The van der Waals surface area contributed by atoms with E-state index in [1.807, 2.05) is 37.3 Å². The minimum absolute atomic E-state index is 0.156. The average molecular weight is 461 g/mol. The smallest absolute Gasteiger partial charge is 0.232 e. The van der Waals surface area contributed by atoms with E-state index in [0.29, 0.717) is 29.6 Å². The van der Waals surface area contributed by atoms with Crippen molar-refractivity contribution in [1.82, 2.24) is 10.2 Å². The zero-order valence-electron chi connectivity index (χ0n) is 17.3. The first-order chi connectivity index (χ1) is 14.9. The molecule has 0 bridgehead atoms. The van der Waals surface area contributed by atoms with Crippen molar-refractivity contribution in [1.29, 1.82) is 0 Å². The maximum Gasteiger partial charge on any atom is 0.232 e. The lowest BCUT2D eigenvalue weighted by atomic mass is 10.2. The fraction of sp³-hybridized carbons (Fsp3) is 0.286. The second-order valence-corrected chi connectivity index (χ2v) is 9.58. The molecule has 0 fully saturated rings. The largest absolute Gasteiger partial charge is 0.494 e. The third kappa shape index (κ3) is 6.50. The molecular weight excluding hydrogens is 436 g/mol. The molecule has 0 unspecified atom stereocenters. The molecular formula is C21H24N4O4S2. The number of nitrogens with zero attached hydrogens (tertiary/aromatic N) is 3. The van der Waals surface area contributed by atoms with Crippen molar-refractivity contribution in [3.05, 3.63) is 54.6 Å². The normalized spacial score (nSPS) is 11.2. The number of carbonyl (C=O) groups is 1. The SMILES string of the molecule is CCOc1ccc(N(CCCC(=O)Nc2nnc(-c3ccccc3)s2)S(C)(=O)=O)cc1. The minimum atomic E-state index is -3.49. The van der Waals surface area contributed by atoms with Gasteiger partial charge in [-0.3, -0.25) is 9.10 Å². The molecule has 31 heavy (non-hydrogen) atoms. The van der Waals surface area contributed by atoms with Crippen LogP contribution in [0.1, 0.15) is 19.8 Å². The van der Waals surface area contributed by atoms with Gasteiger partial charge in [-0.1, -0.05) is 41.7 Å². The molecule has 0 aliphatic carbocycles. The number of aromatic nitrogens is 2. The predicted octanol–water partition coefficient (Wildman–Crippen LogP) is 3.79. The van der Waals surface area contributed by atoms with Crippen molar-refractivity contribution >= 4 is 38.1 Å². The first-order valence-electron chi connectivity index (χ1n) is 9.76. The Morgan fingerprint density at radius 1 is 1.10 bits per heavy atom. The van der Waals surface area contributed by atoms with Crippen LogP contribution < -0.4 is 14.4 Å². The lowest BCUT2D eigenvalue weighted by Crippen LogP contribution is -2.31. The van der Waals surface area contributed by atoms with Gasteiger partial charge in [0.2, 0.25) is 21.1 Å². The Kier molecular flexibility index (Phi) is 7.59. The number of amides is 1. The summed E-state index contributed by atoms with van der Waals surface area (Å²) >= 11 is 1.29. The molecule has 8 nitrogen and oxygen atoms in total. The molecule has 1 N–H and O–H groups in total. The molecule has 0 saturated carbocycles. The van der Waals surface area contributed by atoms with Gasteiger partial charge in [0.25, 0.3) is 0 Å². The van der Waals surface area contributed by atoms with E-state index in [1.54, 1.807) is 24.3 Å². The van der Waals surface area contributed by atoms with E-state index < -0.39 is 10.0 Å². The minimum Gasteiger partial charge on any atom is -0.494 e. The van der Waals surface area contributed by atoms with Crippen molar-refractivity contribution < 1.29 is 17.9 Å². The first-order valence-corrected chi connectivity index (χ1v) is 12.4. The van der Waals surface area contributed by atoms with Crippen LogP contribution in [0.2, 0.25) is 0 Å². The summed E-state index contributed by atoms with van der Waals surface area (Å²) in [5, 5.41) is 12.0. The van der Waals surface area contributed by atoms with E-state index in [4.69, 9.17) is 4.74 Å². The number of hydrogen-bond acceptors (Lipinski definition) is 7. The molecule has 2 aromatic carbocycles. The van der Waals surface area contributed by atoms with E-state index >= 15 is 0 Å². The van der Waals surface area contributed by atoms with Crippen molar-refractivity contribution in [3.63, 3.8) is 0 Å². The van der Waals surface area contributed by atoms with Crippen LogP contribution in [0.4, 0.5) is 10.8 Å². The molecule has 3 rings (SSSR count). The summed E-state index contributed by atoms with van der Waals surface area (Å²) in [5.41, 5.74) is 1.46. The van der Waals surface area contributed by atoms with Gasteiger partial charge in [-0.25, -0.2) is 8.42 Å². The van der Waals surface area contributed by atoms with Crippen molar-refractivity contribution in [3.8, 4) is 16.3 Å². The molecule has 3 aromatic rings. The maximum absolute atomic E-state index is 12.3. The number of carbonyl (C=O) groups excluding carboxylic acids is 1. The van der Waals surface area contributed by atoms with Gasteiger partial charge < -0.3 is 10.1 Å². The summed E-state index contributed by atoms with van der Waals surface area (Å²) in [6.45, 7) is 2.60. The highest BCUT2D eigenvalue weighted by Crippen LogP contribution is 2.26. The number of benzene rings is 2. The van der Waals surface area contributed by atoms with Crippen LogP contribution in [0.5, 0.6) is 5.75 Å². The molecule has 0 aliphatic heterocycles. The topological polar surface area (TPSA) is 101 Å². The number of hydrogen-bond donors (Lipinski definition) is 1. The van der Waals surface area contributed by atoms with Crippen LogP contribution in [-0.4, -0.2) is 43.9 Å². The molecule has 10 heteroatoms. The molecule has 164 valence electrons. The van der Waals surface area contributed by atoms with Gasteiger partial charge in [0.05, 0.1) is 18.6 Å². The van der Waals surface area contributed by atoms with E-state index in [-0.39, 0.29) is 18.9 Å². The quantitative estimate of drug-likeness (QED) is 0.494. The van der Waals surface area contributed by atoms with Gasteiger partial charge in [0.15, 0.2) is 0 Å². The Morgan fingerprint density at radius 3 is 2.45 bits per heavy atom. The fourth-order valence-electron chi connectivity index (χ4n) is 2.90. The van der Waals surface area contributed by atoms with E-state index in [1.165, 1.54) is 15.6 Å². The predicted molar refractivity (Wildman–Crippen MR) is 123 cm³/mol. The molecule has 1 heterocycles. The lowest BCUT2D eigenvalue weighted by Gasteiger charge is -2.22. The Morgan fingerprint density at radius 2 is 1.81 bits per heavy atom. The van der Waals surface area contributed by atoms with Crippen molar-refractivity contribution in [2.45, 2.75) is 19.8 Å². The van der Waals surface area contributed by atoms with Gasteiger partial charge in [-0.05, 0) is 37.6 Å². The second-order valence-electron chi connectivity index (χ2n) is 6.69. The highest BCUT2D eigenvalue weighted by atomic mass is 32.2. The second kappa shape index (κ2) is 10.4. The highest BCUT2D eigenvalue weighted by molar-refractivity contribution is 7.92. The fourth-order valence-corrected chi connectivity index (χ4v) is 4.63. The van der Waals surface area contributed by atoms with Crippen LogP contribution >= 0.6 is 11.3 Å². The molecule has 0 spiro atoms. The Labute approximate surface area is 185 Å². The summed E-state index contributed by atoms with van der Waals surface area (Å²) < 4.78 is 31.1. The summed E-state index contributed by atoms with van der Waals surface area (Å²) in [6.07, 6.45) is 1.66.